The van der Waals surface area contributed by atoms with Crippen molar-refractivity contribution in [1.82, 2.24) is 10.2 Å². The number of phenols is 1. The highest BCUT2D eigenvalue weighted by Crippen LogP contribution is 2.65. The van der Waals surface area contributed by atoms with E-state index in [1.54, 1.807) is 6.07 Å². The van der Waals surface area contributed by atoms with Gasteiger partial charge >= 0.3 is 0 Å². The molecule has 2 saturated carbocycles. The molecular weight excluding hydrogens is 519 g/mol. The van der Waals surface area contributed by atoms with Crippen LogP contribution in [-0.4, -0.2) is 52.0 Å². The van der Waals surface area contributed by atoms with E-state index in [1.807, 2.05) is 0 Å². The molecule has 38 heavy (non-hydrogen) atoms. The van der Waals surface area contributed by atoms with Crippen molar-refractivity contribution in [3.8, 4) is 11.5 Å². The van der Waals surface area contributed by atoms with Gasteiger partial charge in [0.05, 0.1) is 11.0 Å². The number of ether oxygens (including phenoxy) is 1. The zero-order chi connectivity index (χ0) is 24.7. The molecule has 3 N–H and O–H groups in total. The molecule has 0 unspecified atom stereocenters. The van der Waals surface area contributed by atoms with Crippen LogP contribution in [0.4, 0.5) is 0 Å². The van der Waals surface area contributed by atoms with Crippen LogP contribution in [0.25, 0.3) is 0 Å². The van der Waals surface area contributed by atoms with Gasteiger partial charge in [-0.1, -0.05) is 44.2 Å². The number of halogens is 2. The Kier molecular flexibility index (Phi) is 7.50. The molecule has 2 heterocycles. The van der Waals surface area contributed by atoms with Crippen LogP contribution in [0.1, 0.15) is 68.2 Å². The molecule has 1 saturated heterocycles. The number of phenolic OH excluding ortho intramolecular Hbond substituents is 1. The van der Waals surface area contributed by atoms with Gasteiger partial charge in [0.15, 0.2) is 11.5 Å². The zero-order valence-corrected chi connectivity index (χ0v) is 24.1. The number of aromatic hydroxyl groups is 1. The van der Waals surface area contributed by atoms with E-state index in [0.29, 0.717) is 11.7 Å². The topological polar surface area (TPSA) is 65.0 Å². The maximum atomic E-state index is 12.6. The summed E-state index contributed by atoms with van der Waals surface area (Å²) in [4.78, 5) is 2.60. The van der Waals surface area contributed by atoms with Crippen LogP contribution < -0.4 is 10.1 Å². The number of aliphatic hydroxyl groups is 1. The van der Waals surface area contributed by atoms with Crippen LogP contribution in [0.3, 0.4) is 0 Å². The molecule has 2 bridgehead atoms. The molecule has 0 aromatic heterocycles. The molecule has 0 radical (unpaired) electrons. The fourth-order valence-corrected chi connectivity index (χ4v) is 8.30. The van der Waals surface area contributed by atoms with Crippen molar-refractivity contribution >= 4 is 24.8 Å². The van der Waals surface area contributed by atoms with E-state index in [1.165, 1.54) is 29.5 Å². The van der Waals surface area contributed by atoms with Gasteiger partial charge < -0.3 is 20.3 Å². The second kappa shape index (κ2) is 10.2. The standard InChI is InChI=1S/C31H40N2O3.2ClH/c1-19(2)15-21-5-3-4-6-23(21)17-32-24-11-12-31(35)26-16-22-9-10-25(34)28-27(22)30(31,29(24)36-28)13-14-33(26)18-20-7-8-20;;/h3-6,9-10,19-20,24,26,29,32,34-35H,7-8,11-18H2,1-2H3;2*1H/t24-,26-,29+,30+,31-;;/m1../s1. The Morgan fingerprint density at radius 3 is 2.55 bits per heavy atom. The second-order valence-corrected chi connectivity index (χ2v) is 12.7. The summed E-state index contributed by atoms with van der Waals surface area (Å²) in [6.45, 7) is 7.46. The van der Waals surface area contributed by atoms with Gasteiger partial charge in [-0.05, 0) is 86.1 Å². The van der Waals surface area contributed by atoms with Crippen molar-refractivity contribution in [2.75, 3.05) is 13.1 Å². The maximum absolute atomic E-state index is 12.6. The Morgan fingerprint density at radius 2 is 1.82 bits per heavy atom. The minimum Gasteiger partial charge on any atom is -0.504 e. The highest BCUT2D eigenvalue weighted by molar-refractivity contribution is 5.85. The Morgan fingerprint density at radius 1 is 1.05 bits per heavy atom. The smallest absolute Gasteiger partial charge is 0.165 e. The highest BCUT2D eigenvalue weighted by Gasteiger charge is 2.72. The first-order valence-corrected chi connectivity index (χ1v) is 14.2. The van der Waals surface area contributed by atoms with E-state index in [9.17, 15) is 10.2 Å². The molecule has 2 aromatic rings. The van der Waals surface area contributed by atoms with Crippen LogP contribution >= 0.6 is 24.8 Å². The van der Waals surface area contributed by atoms with Crippen LogP contribution in [0.5, 0.6) is 11.5 Å². The molecule has 2 aliphatic heterocycles. The Balaban J connectivity index is 0.00000147. The molecular formula is C31H42Cl2N2O3. The van der Waals surface area contributed by atoms with Crippen LogP contribution in [0, 0.1) is 11.8 Å². The van der Waals surface area contributed by atoms with Gasteiger partial charge in [0.25, 0.3) is 0 Å². The number of hydrogen-bond acceptors (Lipinski definition) is 5. The lowest BCUT2D eigenvalue weighted by atomic mass is 9.48. The van der Waals surface area contributed by atoms with Gasteiger partial charge in [-0.25, -0.2) is 0 Å². The number of piperidine rings is 1. The number of nitrogens with one attached hydrogen (secondary N) is 1. The van der Waals surface area contributed by atoms with E-state index in [4.69, 9.17) is 4.74 Å². The molecule has 5 atom stereocenters. The third kappa shape index (κ3) is 4.07. The SMILES string of the molecule is CC(C)Cc1ccccc1CN[C@@H]1CC[C@@]2(O)[C@H]3Cc4ccc(O)c5c4[C@@]2(CCN3CC2CC2)[C@H]1O5.Cl.Cl. The molecule has 7 heteroatoms. The summed E-state index contributed by atoms with van der Waals surface area (Å²) in [5, 5.41) is 27.3. The Bertz CT molecular complexity index is 1190. The summed E-state index contributed by atoms with van der Waals surface area (Å²) in [5.41, 5.74) is 3.88. The van der Waals surface area contributed by atoms with Crippen molar-refractivity contribution in [3.63, 3.8) is 0 Å². The number of nitrogens with zero attached hydrogens (tertiary/aromatic N) is 1. The molecule has 0 amide bonds. The summed E-state index contributed by atoms with van der Waals surface area (Å²) in [5.74, 6) is 2.28. The zero-order valence-electron chi connectivity index (χ0n) is 22.5. The predicted molar refractivity (Wildman–Crippen MR) is 155 cm³/mol. The quantitative estimate of drug-likeness (QED) is 0.436. The van der Waals surface area contributed by atoms with Gasteiger partial charge in [0, 0.05) is 30.7 Å². The van der Waals surface area contributed by atoms with Crippen molar-refractivity contribution < 1.29 is 14.9 Å². The molecule has 7 rings (SSSR count). The normalized spacial score (nSPS) is 32.7. The first kappa shape index (κ1) is 28.0. The predicted octanol–water partition coefficient (Wildman–Crippen LogP) is 5.16. The minimum atomic E-state index is -0.815. The molecule has 2 aromatic carbocycles. The number of rotatable bonds is 7. The first-order valence-electron chi connectivity index (χ1n) is 14.2. The van der Waals surface area contributed by atoms with Gasteiger partial charge in [-0.2, -0.15) is 0 Å². The summed E-state index contributed by atoms with van der Waals surface area (Å²) in [7, 11) is 0. The number of hydrogen-bond donors (Lipinski definition) is 3. The second-order valence-electron chi connectivity index (χ2n) is 12.7. The molecule has 3 aliphatic carbocycles. The number of likely N-dealkylation sites (tertiary alicyclic amines) is 1. The first-order chi connectivity index (χ1) is 17.4. The molecule has 5 nitrogen and oxygen atoms in total. The van der Waals surface area contributed by atoms with Crippen molar-refractivity contribution in [2.24, 2.45) is 11.8 Å². The average Bonchev–Trinajstić information content (AvgIpc) is 3.59. The van der Waals surface area contributed by atoms with E-state index >= 15 is 0 Å². The lowest BCUT2D eigenvalue weighted by Crippen LogP contribution is -2.78. The van der Waals surface area contributed by atoms with Crippen LogP contribution in [-0.2, 0) is 24.8 Å². The average molecular weight is 562 g/mol. The van der Waals surface area contributed by atoms with Crippen molar-refractivity contribution in [1.29, 1.82) is 0 Å². The summed E-state index contributed by atoms with van der Waals surface area (Å²) in [6.07, 6.45) is 6.97. The van der Waals surface area contributed by atoms with Gasteiger partial charge in [-0.3, -0.25) is 4.90 Å². The maximum Gasteiger partial charge on any atom is 0.165 e. The summed E-state index contributed by atoms with van der Waals surface area (Å²) < 4.78 is 6.71. The molecule has 208 valence electrons. The van der Waals surface area contributed by atoms with Crippen LogP contribution in [0.15, 0.2) is 36.4 Å². The van der Waals surface area contributed by atoms with E-state index in [2.05, 4.69) is 54.4 Å². The van der Waals surface area contributed by atoms with Gasteiger partial charge in [0.1, 0.15) is 6.10 Å². The van der Waals surface area contributed by atoms with E-state index in [0.717, 1.165) is 63.2 Å². The van der Waals surface area contributed by atoms with Gasteiger partial charge in [-0.15, -0.1) is 24.8 Å². The molecule has 5 aliphatic rings. The van der Waals surface area contributed by atoms with Crippen molar-refractivity contribution in [3.05, 3.63) is 58.7 Å². The van der Waals surface area contributed by atoms with E-state index in [-0.39, 0.29) is 48.8 Å². The Labute approximate surface area is 239 Å². The molecule has 1 spiro atoms. The number of benzene rings is 2. The summed E-state index contributed by atoms with van der Waals surface area (Å²) >= 11 is 0. The third-order valence-corrected chi connectivity index (χ3v) is 10.1. The lowest BCUT2D eigenvalue weighted by Gasteiger charge is -2.64. The van der Waals surface area contributed by atoms with Crippen molar-refractivity contribution in [2.45, 2.75) is 94.5 Å². The third-order valence-electron chi connectivity index (χ3n) is 10.1. The Hall–Kier alpha value is -1.50. The van der Waals surface area contributed by atoms with E-state index < -0.39 is 11.0 Å². The van der Waals surface area contributed by atoms with Gasteiger partial charge in [0.2, 0.25) is 0 Å². The summed E-state index contributed by atoms with van der Waals surface area (Å²) in [6, 6.07) is 12.9. The fraction of sp³-hybridized carbons (Fsp3) is 0.613. The monoisotopic (exact) mass is 560 g/mol. The van der Waals surface area contributed by atoms with Crippen LogP contribution in [0.2, 0.25) is 0 Å². The highest BCUT2D eigenvalue weighted by atomic mass is 35.5. The minimum absolute atomic E-state index is 0. The largest absolute Gasteiger partial charge is 0.504 e. The fourth-order valence-electron chi connectivity index (χ4n) is 8.30. The molecule has 3 fully saturated rings. The lowest BCUT2D eigenvalue weighted by molar-refractivity contribution is -0.191.